The Bertz CT molecular complexity index is 1070. The molecule has 1 aliphatic rings. The third-order valence-corrected chi connectivity index (χ3v) is 4.50. The highest BCUT2D eigenvalue weighted by molar-refractivity contribution is 6.23. The van der Waals surface area contributed by atoms with E-state index in [2.05, 4.69) is 17.3 Å². The quantitative estimate of drug-likeness (QED) is 0.450. The number of benzene rings is 2. The summed E-state index contributed by atoms with van der Waals surface area (Å²) in [7, 11) is 0. The first-order valence-electron chi connectivity index (χ1n) is 9.83. The summed E-state index contributed by atoms with van der Waals surface area (Å²) in [6.45, 7) is 6.52. The molecular formula is C24H24N2O5. The third-order valence-electron chi connectivity index (χ3n) is 4.50. The number of carbonyl (C=O) groups is 3. The Hall–Kier alpha value is -3.47. The van der Waals surface area contributed by atoms with Gasteiger partial charge in [-0.3, -0.25) is 24.1 Å². The maximum absolute atomic E-state index is 13.0. The molecule has 0 saturated carbocycles. The maximum atomic E-state index is 13.0. The van der Waals surface area contributed by atoms with E-state index in [0.29, 0.717) is 5.56 Å². The van der Waals surface area contributed by atoms with Crippen LogP contribution < -0.4 is 5.48 Å². The van der Waals surface area contributed by atoms with Crippen molar-refractivity contribution in [2.24, 2.45) is 0 Å². The zero-order valence-corrected chi connectivity index (χ0v) is 17.8. The van der Waals surface area contributed by atoms with Crippen LogP contribution >= 0.6 is 0 Å². The standard InChI is InChI=1S/C24H24N2O5/c1-15(27)20(21(28)25-31-24(2,3)4)26-22(29)18-13-12-17(14-19(18)23(26)30)11-10-16-8-6-5-7-9-16/h5-9,12-15,20,27H,1-4H3,(H,25,28)/t15-,20+/m1/s1. The number of amides is 3. The highest BCUT2D eigenvalue weighted by Crippen LogP contribution is 2.27. The average Bonchev–Trinajstić information content (AvgIpc) is 2.96. The molecule has 1 aliphatic heterocycles. The maximum Gasteiger partial charge on any atom is 0.269 e. The van der Waals surface area contributed by atoms with Crippen LogP contribution in [-0.4, -0.2) is 45.5 Å². The van der Waals surface area contributed by atoms with Gasteiger partial charge in [0.25, 0.3) is 17.7 Å². The van der Waals surface area contributed by atoms with Crippen LogP contribution in [0.5, 0.6) is 0 Å². The SMILES string of the molecule is C[C@@H](O)[C@@H](C(=O)NOC(C)(C)C)N1C(=O)c2ccc(C#Cc3ccccc3)cc2C1=O. The van der Waals surface area contributed by atoms with Gasteiger partial charge < -0.3 is 5.11 Å². The molecule has 2 aromatic carbocycles. The first-order valence-corrected chi connectivity index (χ1v) is 9.83. The van der Waals surface area contributed by atoms with Crippen LogP contribution in [0.2, 0.25) is 0 Å². The van der Waals surface area contributed by atoms with Crippen LogP contribution in [0.15, 0.2) is 48.5 Å². The molecule has 2 aromatic rings. The number of nitrogens with zero attached hydrogens (tertiary/aromatic N) is 1. The summed E-state index contributed by atoms with van der Waals surface area (Å²) < 4.78 is 0. The fourth-order valence-corrected chi connectivity index (χ4v) is 3.07. The molecule has 3 amide bonds. The topological polar surface area (TPSA) is 95.9 Å². The van der Waals surface area contributed by atoms with Crippen LogP contribution in [-0.2, 0) is 9.63 Å². The summed E-state index contributed by atoms with van der Waals surface area (Å²) in [6.07, 6.45) is -1.30. The molecule has 0 saturated heterocycles. The molecular weight excluding hydrogens is 396 g/mol. The molecule has 0 aliphatic carbocycles. The zero-order chi connectivity index (χ0) is 22.8. The number of fused-ring (bicyclic) bond motifs is 1. The molecule has 31 heavy (non-hydrogen) atoms. The van der Waals surface area contributed by atoms with Gasteiger partial charge in [-0.15, -0.1) is 0 Å². The summed E-state index contributed by atoms with van der Waals surface area (Å²) >= 11 is 0. The lowest BCUT2D eigenvalue weighted by Gasteiger charge is -2.28. The number of aliphatic hydroxyl groups is 1. The Labute approximate surface area is 181 Å². The lowest BCUT2D eigenvalue weighted by molar-refractivity contribution is -0.152. The van der Waals surface area contributed by atoms with Crippen molar-refractivity contribution in [1.29, 1.82) is 0 Å². The Balaban J connectivity index is 1.88. The average molecular weight is 420 g/mol. The van der Waals surface area contributed by atoms with Gasteiger partial charge in [-0.05, 0) is 58.0 Å². The predicted molar refractivity (Wildman–Crippen MR) is 114 cm³/mol. The van der Waals surface area contributed by atoms with Crippen molar-refractivity contribution in [2.45, 2.75) is 45.4 Å². The molecule has 0 aromatic heterocycles. The second-order valence-corrected chi connectivity index (χ2v) is 8.22. The smallest absolute Gasteiger partial charge is 0.269 e. The Morgan fingerprint density at radius 1 is 1.00 bits per heavy atom. The number of rotatable bonds is 4. The van der Waals surface area contributed by atoms with Gasteiger partial charge in [-0.25, -0.2) is 5.48 Å². The van der Waals surface area contributed by atoms with Crippen molar-refractivity contribution in [2.75, 3.05) is 0 Å². The van der Waals surface area contributed by atoms with E-state index in [4.69, 9.17) is 4.84 Å². The molecule has 2 N–H and O–H groups in total. The number of hydrogen-bond donors (Lipinski definition) is 2. The van der Waals surface area contributed by atoms with E-state index < -0.39 is 35.5 Å². The van der Waals surface area contributed by atoms with Crippen molar-refractivity contribution in [3.63, 3.8) is 0 Å². The Morgan fingerprint density at radius 2 is 1.61 bits per heavy atom. The molecule has 0 spiro atoms. The number of carbonyl (C=O) groups excluding carboxylic acids is 3. The molecule has 160 valence electrons. The predicted octanol–water partition coefficient (Wildman–Crippen LogP) is 2.28. The number of nitrogens with one attached hydrogen (secondary N) is 1. The minimum atomic E-state index is -1.44. The van der Waals surface area contributed by atoms with Crippen molar-refractivity contribution < 1.29 is 24.3 Å². The van der Waals surface area contributed by atoms with E-state index in [-0.39, 0.29) is 11.1 Å². The first-order chi connectivity index (χ1) is 14.6. The summed E-state index contributed by atoms with van der Waals surface area (Å²) in [5.41, 5.74) is 3.21. The molecule has 7 heteroatoms. The van der Waals surface area contributed by atoms with Gasteiger partial charge >= 0.3 is 0 Å². The molecule has 0 fully saturated rings. The largest absolute Gasteiger partial charge is 0.391 e. The van der Waals surface area contributed by atoms with Gasteiger partial charge in [0, 0.05) is 11.1 Å². The van der Waals surface area contributed by atoms with Crippen molar-refractivity contribution in [3.8, 4) is 11.8 Å². The van der Waals surface area contributed by atoms with E-state index in [9.17, 15) is 19.5 Å². The van der Waals surface area contributed by atoms with E-state index in [0.717, 1.165) is 10.5 Å². The summed E-state index contributed by atoms with van der Waals surface area (Å²) in [5.74, 6) is 3.86. The van der Waals surface area contributed by atoms with Crippen LogP contribution in [0.25, 0.3) is 0 Å². The number of imide groups is 1. The zero-order valence-electron chi connectivity index (χ0n) is 17.8. The van der Waals surface area contributed by atoms with Crippen LogP contribution in [0.3, 0.4) is 0 Å². The molecule has 7 nitrogen and oxygen atoms in total. The van der Waals surface area contributed by atoms with E-state index in [1.165, 1.54) is 19.1 Å². The van der Waals surface area contributed by atoms with Crippen molar-refractivity contribution in [3.05, 3.63) is 70.8 Å². The van der Waals surface area contributed by atoms with E-state index >= 15 is 0 Å². The van der Waals surface area contributed by atoms with Crippen LogP contribution in [0.1, 0.15) is 59.5 Å². The van der Waals surface area contributed by atoms with Gasteiger partial charge in [0.05, 0.1) is 22.8 Å². The first kappa shape index (κ1) is 22.2. The minimum Gasteiger partial charge on any atom is -0.391 e. The molecule has 3 rings (SSSR count). The number of hydrogen-bond acceptors (Lipinski definition) is 5. The lowest BCUT2D eigenvalue weighted by atomic mass is 10.1. The van der Waals surface area contributed by atoms with Gasteiger partial charge in [0.2, 0.25) is 0 Å². The Morgan fingerprint density at radius 3 is 2.23 bits per heavy atom. The second-order valence-electron chi connectivity index (χ2n) is 8.22. The molecule has 2 atom stereocenters. The van der Waals surface area contributed by atoms with Crippen molar-refractivity contribution in [1.82, 2.24) is 10.4 Å². The van der Waals surface area contributed by atoms with Gasteiger partial charge in [0.1, 0.15) is 6.04 Å². The normalized spacial score (nSPS) is 15.1. The number of aliphatic hydroxyl groups excluding tert-OH is 1. The van der Waals surface area contributed by atoms with Gasteiger partial charge in [-0.1, -0.05) is 30.0 Å². The molecule has 0 radical (unpaired) electrons. The monoisotopic (exact) mass is 420 g/mol. The van der Waals surface area contributed by atoms with E-state index in [1.807, 2.05) is 30.3 Å². The minimum absolute atomic E-state index is 0.139. The highest BCUT2D eigenvalue weighted by Gasteiger charge is 2.45. The van der Waals surface area contributed by atoms with E-state index in [1.54, 1.807) is 26.8 Å². The summed E-state index contributed by atoms with van der Waals surface area (Å²) in [5, 5.41) is 10.2. The summed E-state index contributed by atoms with van der Waals surface area (Å²) in [6, 6.07) is 12.6. The molecule has 0 unspecified atom stereocenters. The van der Waals surface area contributed by atoms with Crippen LogP contribution in [0.4, 0.5) is 0 Å². The molecule has 0 bridgehead atoms. The second kappa shape index (κ2) is 8.72. The van der Waals surface area contributed by atoms with Gasteiger partial charge in [0.15, 0.2) is 0 Å². The lowest BCUT2D eigenvalue weighted by Crippen LogP contribution is -2.55. The highest BCUT2D eigenvalue weighted by atomic mass is 16.7. The summed E-state index contributed by atoms with van der Waals surface area (Å²) in [4.78, 5) is 44.5. The molecule has 1 heterocycles. The Kier molecular flexibility index (Phi) is 6.25. The van der Waals surface area contributed by atoms with Crippen LogP contribution in [0, 0.1) is 11.8 Å². The third kappa shape index (κ3) is 5.00. The van der Waals surface area contributed by atoms with Gasteiger partial charge in [-0.2, -0.15) is 0 Å². The fourth-order valence-electron chi connectivity index (χ4n) is 3.07. The number of hydroxylamine groups is 1. The fraction of sp³-hybridized carbons (Fsp3) is 0.292. The van der Waals surface area contributed by atoms with Crippen molar-refractivity contribution >= 4 is 17.7 Å².